The predicted octanol–water partition coefficient (Wildman–Crippen LogP) is 1.96. The average Bonchev–Trinajstić information content (AvgIpc) is 2.02. The van der Waals surface area contributed by atoms with Gasteiger partial charge >= 0.3 is 0 Å². The molecule has 13 heavy (non-hydrogen) atoms. The van der Waals surface area contributed by atoms with Crippen LogP contribution < -0.4 is 10.6 Å². The molecule has 0 bridgehead atoms. The highest BCUT2D eigenvalue weighted by Gasteiger charge is 2.06. The lowest BCUT2D eigenvalue weighted by atomic mass is 10.0. The first-order valence-corrected chi connectivity index (χ1v) is 4.55. The molecule has 2 nitrogen and oxygen atoms in total. The highest BCUT2D eigenvalue weighted by Crippen LogP contribution is 2.24. The van der Waals surface area contributed by atoms with E-state index in [0.29, 0.717) is 6.67 Å². The van der Waals surface area contributed by atoms with Crippen LogP contribution in [-0.4, -0.2) is 13.7 Å². The van der Waals surface area contributed by atoms with Gasteiger partial charge in [-0.3, -0.25) is 0 Å². The van der Waals surface area contributed by atoms with Crippen LogP contribution in [0.2, 0.25) is 0 Å². The van der Waals surface area contributed by atoms with Crippen molar-refractivity contribution in [1.29, 1.82) is 0 Å². The number of rotatable bonds is 2. The van der Waals surface area contributed by atoms with Crippen LogP contribution in [0.1, 0.15) is 16.7 Å². The van der Waals surface area contributed by atoms with Gasteiger partial charge in [0.1, 0.15) is 0 Å². The number of benzene rings is 1. The minimum Gasteiger partial charge on any atom is -0.362 e. The van der Waals surface area contributed by atoms with E-state index < -0.39 is 0 Å². The summed E-state index contributed by atoms with van der Waals surface area (Å²) in [5, 5.41) is 0. The van der Waals surface area contributed by atoms with Crippen molar-refractivity contribution in [1.82, 2.24) is 0 Å². The maximum absolute atomic E-state index is 5.61. The van der Waals surface area contributed by atoms with Crippen molar-refractivity contribution in [3.63, 3.8) is 0 Å². The van der Waals surface area contributed by atoms with Crippen molar-refractivity contribution in [2.24, 2.45) is 5.73 Å². The van der Waals surface area contributed by atoms with E-state index in [0.717, 1.165) is 0 Å². The predicted molar refractivity (Wildman–Crippen MR) is 58.1 cm³/mol. The highest BCUT2D eigenvalue weighted by molar-refractivity contribution is 5.59. The number of hydrogen-bond acceptors (Lipinski definition) is 2. The first-order valence-electron chi connectivity index (χ1n) is 4.55. The summed E-state index contributed by atoms with van der Waals surface area (Å²) in [5.41, 5.74) is 10.8. The fraction of sp³-hybridized carbons (Fsp3) is 0.455. The van der Waals surface area contributed by atoms with Gasteiger partial charge < -0.3 is 10.6 Å². The number of aryl methyl sites for hydroxylation is 3. The van der Waals surface area contributed by atoms with Crippen molar-refractivity contribution >= 4 is 5.69 Å². The molecule has 1 rings (SSSR count). The SMILES string of the molecule is Cc1cc(C)c(N(C)CN)c(C)c1. The Hall–Kier alpha value is -1.02. The summed E-state index contributed by atoms with van der Waals surface area (Å²) in [6.45, 7) is 6.93. The van der Waals surface area contributed by atoms with Gasteiger partial charge in [0, 0.05) is 12.7 Å². The quantitative estimate of drug-likeness (QED) is 0.701. The minimum atomic E-state index is 0.560. The lowest BCUT2D eigenvalue weighted by molar-refractivity contribution is 0.920. The van der Waals surface area contributed by atoms with Gasteiger partial charge in [-0.15, -0.1) is 0 Å². The van der Waals surface area contributed by atoms with Gasteiger partial charge in [-0.25, -0.2) is 0 Å². The molecular weight excluding hydrogens is 160 g/mol. The molecule has 0 spiro atoms. The molecule has 0 saturated carbocycles. The Kier molecular flexibility index (Phi) is 2.94. The number of anilines is 1. The van der Waals surface area contributed by atoms with Crippen LogP contribution in [0.15, 0.2) is 12.1 Å². The molecule has 0 aliphatic carbocycles. The van der Waals surface area contributed by atoms with Gasteiger partial charge in [0.25, 0.3) is 0 Å². The van der Waals surface area contributed by atoms with Crippen molar-refractivity contribution in [2.45, 2.75) is 20.8 Å². The molecule has 1 aromatic carbocycles. The fourth-order valence-corrected chi connectivity index (χ4v) is 1.87. The zero-order valence-electron chi connectivity index (χ0n) is 8.89. The standard InChI is InChI=1S/C11H18N2/c1-8-5-9(2)11(10(3)6-8)13(4)7-12/h5-6H,7,12H2,1-4H3. The second-order valence-corrected chi connectivity index (χ2v) is 3.63. The van der Waals surface area contributed by atoms with Crippen molar-refractivity contribution in [3.05, 3.63) is 28.8 Å². The summed E-state index contributed by atoms with van der Waals surface area (Å²) in [7, 11) is 2.02. The summed E-state index contributed by atoms with van der Waals surface area (Å²) in [5.74, 6) is 0. The molecule has 1 aromatic rings. The monoisotopic (exact) mass is 178 g/mol. The Labute approximate surface area is 80.4 Å². The molecule has 0 amide bonds. The second-order valence-electron chi connectivity index (χ2n) is 3.63. The summed E-state index contributed by atoms with van der Waals surface area (Å²) in [6, 6.07) is 4.38. The second kappa shape index (κ2) is 3.79. The third kappa shape index (κ3) is 2.01. The van der Waals surface area contributed by atoms with E-state index in [-0.39, 0.29) is 0 Å². The van der Waals surface area contributed by atoms with Gasteiger partial charge in [-0.2, -0.15) is 0 Å². The van der Waals surface area contributed by atoms with Crippen molar-refractivity contribution in [2.75, 3.05) is 18.6 Å². The summed E-state index contributed by atoms with van der Waals surface area (Å²) < 4.78 is 0. The Morgan fingerprint density at radius 3 is 2.00 bits per heavy atom. The van der Waals surface area contributed by atoms with Gasteiger partial charge in [-0.1, -0.05) is 17.7 Å². The molecule has 0 radical (unpaired) electrons. The van der Waals surface area contributed by atoms with Crippen LogP contribution >= 0.6 is 0 Å². The molecule has 2 heteroatoms. The third-order valence-electron chi connectivity index (χ3n) is 2.29. The van der Waals surface area contributed by atoms with Crippen LogP contribution in [0.25, 0.3) is 0 Å². The number of hydrogen-bond donors (Lipinski definition) is 1. The number of nitrogens with two attached hydrogens (primary N) is 1. The Morgan fingerprint density at radius 1 is 1.15 bits per heavy atom. The van der Waals surface area contributed by atoms with E-state index in [2.05, 4.69) is 37.8 Å². The molecular formula is C11H18N2. The van der Waals surface area contributed by atoms with Gasteiger partial charge in [0.15, 0.2) is 0 Å². The molecule has 0 aliphatic heterocycles. The molecule has 2 N–H and O–H groups in total. The van der Waals surface area contributed by atoms with Crippen LogP contribution in [0.3, 0.4) is 0 Å². The normalized spacial score (nSPS) is 10.2. The van der Waals surface area contributed by atoms with Crippen LogP contribution in [-0.2, 0) is 0 Å². The first-order chi connectivity index (χ1) is 6.06. The van der Waals surface area contributed by atoms with Crippen molar-refractivity contribution < 1.29 is 0 Å². The third-order valence-corrected chi connectivity index (χ3v) is 2.29. The molecule has 0 fully saturated rings. The van der Waals surface area contributed by atoms with E-state index in [1.165, 1.54) is 22.4 Å². The van der Waals surface area contributed by atoms with E-state index in [1.54, 1.807) is 0 Å². The van der Waals surface area contributed by atoms with E-state index in [4.69, 9.17) is 5.73 Å². The lowest BCUT2D eigenvalue weighted by Crippen LogP contribution is -2.26. The maximum atomic E-state index is 5.61. The molecule has 0 aromatic heterocycles. The molecule has 0 atom stereocenters. The maximum Gasteiger partial charge on any atom is 0.0653 e. The number of nitrogens with zero attached hydrogens (tertiary/aromatic N) is 1. The Bertz CT molecular complexity index is 282. The van der Waals surface area contributed by atoms with Crippen LogP contribution in [0, 0.1) is 20.8 Å². The largest absolute Gasteiger partial charge is 0.362 e. The Balaban J connectivity index is 3.20. The van der Waals surface area contributed by atoms with Crippen LogP contribution in [0.5, 0.6) is 0 Å². The zero-order valence-corrected chi connectivity index (χ0v) is 8.89. The fourth-order valence-electron chi connectivity index (χ4n) is 1.87. The highest BCUT2D eigenvalue weighted by atomic mass is 15.2. The van der Waals surface area contributed by atoms with Crippen molar-refractivity contribution in [3.8, 4) is 0 Å². The van der Waals surface area contributed by atoms with Gasteiger partial charge in [-0.05, 0) is 31.9 Å². The van der Waals surface area contributed by atoms with Gasteiger partial charge in [0.05, 0.1) is 6.67 Å². The van der Waals surface area contributed by atoms with Crippen LogP contribution in [0.4, 0.5) is 5.69 Å². The first kappa shape index (κ1) is 10.1. The smallest absolute Gasteiger partial charge is 0.0653 e. The molecule has 0 unspecified atom stereocenters. The Morgan fingerprint density at radius 2 is 1.62 bits per heavy atom. The van der Waals surface area contributed by atoms with E-state index in [9.17, 15) is 0 Å². The van der Waals surface area contributed by atoms with E-state index in [1.807, 2.05) is 7.05 Å². The molecule has 0 saturated heterocycles. The topological polar surface area (TPSA) is 29.3 Å². The molecule has 0 heterocycles. The zero-order chi connectivity index (χ0) is 10.0. The summed E-state index contributed by atoms with van der Waals surface area (Å²) in [6.07, 6.45) is 0. The summed E-state index contributed by atoms with van der Waals surface area (Å²) >= 11 is 0. The lowest BCUT2D eigenvalue weighted by Gasteiger charge is -2.22. The molecule has 0 aliphatic rings. The average molecular weight is 178 g/mol. The van der Waals surface area contributed by atoms with E-state index >= 15 is 0 Å². The molecule has 72 valence electrons. The van der Waals surface area contributed by atoms with Gasteiger partial charge in [0.2, 0.25) is 0 Å². The minimum absolute atomic E-state index is 0.560. The summed E-state index contributed by atoms with van der Waals surface area (Å²) in [4.78, 5) is 2.07.